The molecule has 0 radical (unpaired) electrons. The van der Waals surface area contributed by atoms with Crippen LogP contribution in [0.2, 0.25) is 0 Å². The highest BCUT2D eigenvalue weighted by Crippen LogP contribution is 2.39. The molecule has 1 spiro atoms. The molecular weight excluding hydrogens is 340 g/mol. The van der Waals surface area contributed by atoms with Gasteiger partial charge in [-0.25, -0.2) is 0 Å². The number of nitrogens with one attached hydrogen (secondary N) is 1. The molecule has 2 aliphatic heterocycles. The molecule has 1 aliphatic carbocycles. The molecule has 3 aliphatic rings. The van der Waals surface area contributed by atoms with Crippen molar-refractivity contribution in [3.8, 4) is 0 Å². The van der Waals surface area contributed by atoms with Crippen LogP contribution in [-0.2, 0) is 17.6 Å². The van der Waals surface area contributed by atoms with Crippen LogP contribution in [0.25, 0.3) is 0 Å². The minimum absolute atomic E-state index is 0.0677. The van der Waals surface area contributed by atoms with E-state index in [1.165, 1.54) is 0 Å². The molecule has 3 heterocycles. The van der Waals surface area contributed by atoms with Crippen LogP contribution >= 0.6 is 0 Å². The SMILES string of the molecule is CC(C)CCN1C[C@@]2(CCCN(C(=O)c3n[nH]c4c3CCC4)C2)CCC1=O. The highest BCUT2D eigenvalue weighted by atomic mass is 16.2. The van der Waals surface area contributed by atoms with Gasteiger partial charge in [-0.2, -0.15) is 5.10 Å². The Morgan fingerprint density at radius 2 is 2.04 bits per heavy atom. The summed E-state index contributed by atoms with van der Waals surface area (Å²) in [6.45, 7) is 7.63. The molecular formula is C21H32N4O2. The Hall–Kier alpha value is -1.85. The molecule has 4 rings (SSSR count). The number of hydrogen-bond donors (Lipinski definition) is 1. The Morgan fingerprint density at radius 1 is 1.19 bits per heavy atom. The molecule has 0 unspecified atom stereocenters. The van der Waals surface area contributed by atoms with E-state index in [0.29, 0.717) is 18.0 Å². The summed E-state index contributed by atoms with van der Waals surface area (Å²) in [6, 6.07) is 0. The second kappa shape index (κ2) is 7.28. The Bertz CT molecular complexity index is 726. The van der Waals surface area contributed by atoms with E-state index in [9.17, 15) is 9.59 Å². The van der Waals surface area contributed by atoms with Crippen LogP contribution in [-0.4, -0.2) is 58.0 Å². The first kappa shape index (κ1) is 18.5. The van der Waals surface area contributed by atoms with Crippen molar-refractivity contribution in [2.75, 3.05) is 26.2 Å². The van der Waals surface area contributed by atoms with E-state index in [1.54, 1.807) is 0 Å². The molecule has 6 nitrogen and oxygen atoms in total. The summed E-state index contributed by atoms with van der Waals surface area (Å²) in [4.78, 5) is 29.6. The maximum absolute atomic E-state index is 13.2. The predicted octanol–water partition coefficient (Wildman–Crippen LogP) is 2.79. The number of carbonyl (C=O) groups is 2. The van der Waals surface area contributed by atoms with Crippen molar-refractivity contribution in [3.63, 3.8) is 0 Å². The average molecular weight is 373 g/mol. The second-order valence-corrected chi connectivity index (χ2v) is 9.21. The van der Waals surface area contributed by atoms with Crippen molar-refractivity contribution in [2.24, 2.45) is 11.3 Å². The standard InChI is InChI=1S/C21H32N4O2/c1-15(2)8-12-24-13-21(10-7-18(24)26)9-4-11-25(14-21)20(27)19-16-5-3-6-17(16)22-23-19/h15H,3-14H2,1-2H3,(H,22,23)/t21-/m1/s1. The van der Waals surface area contributed by atoms with Gasteiger partial charge in [-0.05, 0) is 50.9 Å². The Labute approximate surface area is 161 Å². The lowest BCUT2D eigenvalue weighted by Crippen LogP contribution is -2.55. The van der Waals surface area contributed by atoms with E-state index < -0.39 is 0 Å². The minimum atomic E-state index is 0.0677. The number of likely N-dealkylation sites (tertiary alicyclic amines) is 2. The van der Waals surface area contributed by atoms with Gasteiger partial charge in [0.15, 0.2) is 5.69 Å². The number of fused-ring (bicyclic) bond motifs is 1. The van der Waals surface area contributed by atoms with Crippen LogP contribution in [0.4, 0.5) is 0 Å². The molecule has 2 saturated heterocycles. The second-order valence-electron chi connectivity index (χ2n) is 9.21. The van der Waals surface area contributed by atoms with Gasteiger partial charge in [-0.1, -0.05) is 13.8 Å². The fourth-order valence-electron chi connectivity index (χ4n) is 5.08. The molecule has 0 bridgehead atoms. The third kappa shape index (κ3) is 3.63. The lowest BCUT2D eigenvalue weighted by Gasteiger charge is -2.48. The van der Waals surface area contributed by atoms with Crippen molar-refractivity contribution in [1.82, 2.24) is 20.0 Å². The van der Waals surface area contributed by atoms with Gasteiger partial charge in [0.05, 0.1) is 0 Å². The summed E-state index contributed by atoms with van der Waals surface area (Å²) in [5.41, 5.74) is 2.99. The van der Waals surface area contributed by atoms with Crippen molar-refractivity contribution in [2.45, 2.75) is 65.2 Å². The Kier molecular flexibility index (Phi) is 4.99. The zero-order valence-electron chi connectivity index (χ0n) is 16.7. The van der Waals surface area contributed by atoms with E-state index in [-0.39, 0.29) is 17.2 Å². The zero-order valence-corrected chi connectivity index (χ0v) is 16.7. The number of piperidine rings is 2. The first-order chi connectivity index (χ1) is 13.0. The monoisotopic (exact) mass is 372 g/mol. The Balaban J connectivity index is 1.46. The topological polar surface area (TPSA) is 69.3 Å². The highest BCUT2D eigenvalue weighted by molar-refractivity contribution is 5.94. The number of carbonyl (C=O) groups excluding carboxylic acids is 2. The highest BCUT2D eigenvalue weighted by Gasteiger charge is 2.43. The fourth-order valence-corrected chi connectivity index (χ4v) is 5.08. The lowest BCUT2D eigenvalue weighted by atomic mass is 9.73. The molecule has 1 atom stereocenters. The van der Waals surface area contributed by atoms with Crippen molar-refractivity contribution < 1.29 is 9.59 Å². The van der Waals surface area contributed by atoms with Gasteiger partial charge >= 0.3 is 0 Å². The number of H-pyrrole nitrogens is 1. The summed E-state index contributed by atoms with van der Waals surface area (Å²) < 4.78 is 0. The first-order valence-corrected chi connectivity index (χ1v) is 10.6. The Morgan fingerprint density at radius 3 is 2.85 bits per heavy atom. The minimum Gasteiger partial charge on any atom is -0.342 e. The van der Waals surface area contributed by atoms with Crippen LogP contribution < -0.4 is 0 Å². The molecule has 2 amide bonds. The van der Waals surface area contributed by atoms with Crippen molar-refractivity contribution >= 4 is 11.8 Å². The number of amides is 2. The van der Waals surface area contributed by atoms with Gasteiger partial charge in [0.1, 0.15) is 0 Å². The van der Waals surface area contributed by atoms with Crippen LogP contribution in [0.15, 0.2) is 0 Å². The largest absolute Gasteiger partial charge is 0.342 e. The van der Waals surface area contributed by atoms with Crippen LogP contribution in [0, 0.1) is 11.3 Å². The molecule has 1 N–H and O–H groups in total. The van der Waals surface area contributed by atoms with Gasteiger partial charge in [0.25, 0.3) is 5.91 Å². The number of aromatic nitrogens is 2. The lowest BCUT2D eigenvalue weighted by molar-refractivity contribution is -0.139. The number of aromatic amines is 1. The predicted molar refractivity (Wildman–Crippen MR) is 103 cm³/mol. The van der Waals surface area contributed by atoms with Gasteiger partial charge in [-0.15, -0.1) is 0 Å². The smallest absolute Gasteiger partial charge is 0.274 e. The zero-order chi connectivity index (χ0) is 19.0. The van der Waals surface area contributed by atoms with E-state index in [1.807, 2.05) is 4.90 Å². The van der Waals surface area contributed by atoms with Crippen LogP contribution in [0.3, 0.4) is 0 Å². The molecule has 6 heteroatoms. The summed E-state index contributed by atoms with van der Waals surface area (Å²) >= 11 is 0. The van der Waals surface area contributed by atoms with Crippen LogP contribution in [0.1, 0.15) is 74.1 Å². The molecule has 27 heavy (non-hydrogen) atoms. The molecule has 0 saturated carbocycles. The number of rotatable bonds is 4. The number of aryl methyl sites for hydroxylation is 1. The third-order valence-corrected chi connectivity index (χ3v) is 6.68. The molecule has 1 aromatic rings. The van der Waals surface area contributed by atoms with Crippen molar-refractivity contribution in [3.05, 3.63) is 17.0 Å². The van der Waals surface area contributed by atoms with E-state index in [2.05, 4.69) is 28.9 Å². The first-order valence-electron chi connectivity index (χ1n) is 10.6. The van der Waals surface area contributed by atoms with Crippen molar-refractivity contribution in [1.29, 1.82) is 0 Å². The van der Waals surface area contributed by atoms with E-state index in [0.717, 1.165) is 82.4 Å². The maximum Gasteiger partial charge on any atom is 0.274 e. The van der Waals surface area contributed by atoms with Gasteiger partial charge in [-0.3, -0.25) is 14.7 Å². The van der Waals surface area contributed by atoms with Crippen LogP contribution in [0.5, 0.6) is 0 Å². The van der Waals surface area contributed by atoms with Gasteiger partial charge < -0.3 is 9.80 Å². The van der Waals surface area contributed by atoms with E-state index >= 15 is 0 Å². The maximum atomic E-state index is 13.2. The molecule has 0 aromatic carbocycles. The molecule has 148 valence electrons. The molecule has 2 fully saturated rings. The third-order valence-electron chi connectivity index (χ3n) is 6.68. The van der Waals surface area contributed by atoms with Gasteiger partial charge in [0.2, 0.25) is 5.91 Å². The summed E-state index contributed by atoms with van der Waals surface area (Å²) in [5, 5.41) is 7.41. The number of nitrogens with zero attached hydrogens (tertiary/aromatic N) is 3. The summed E-state index contributed by atoms with van der Waals surface area (Å²) in [6.07, 6.45) is 7.79. The summed E-state index contributed by atoms with van der Waals surface area (Å²) in [7, 11) is 0. The van der Waals surface area contributed by atoms with E-state index in [4.69, 9.17) is 0 Å². The normalized spacial score (nSPS) is 25.5. The summed E-state index contributed by atoms with van der Waals surface area (Å²) in [5.74, 6) is 0.968. The average Bonchev–Trinajstić information content (AvgIpc) is 3.26. The van der Waals surface area contributed by atoms with Gasteiger partial charge in [0, 0.05) is 49.3 Å². The molecule has 1 aromatic heterocycles. The quantitative estimate of drug-likeness (QED) is 0.884. The number of hydrogen-bond acceptors (Lipinski definition) is 3. The fraction of sp³-hybridized carbons (Fsp3) is 0.762.